The van der Waals surface area contributed by atoms with Crippen LogP contribution in [0.2, 0.25) is 5.71 Å². The summed E-state index contributed by atoms with van der Waals surface area (Å²) in [5.41, 5.74) is 2.21. The molecule has 1 aliphatic heterocycles. The predicted molar refractivity (Wildman–Crippen MR) is 73.6 cm³/mol. The number of piperidine rings is 1. The molecular formula is C14H20AsN2O. The third-order valence-corrected chi connectivity index (χ3v) is 5.81. The standard InChI is InChI=1S/C14H20AsN2O/c1-9(12-6-10-7-13(10)17(12)3)18-11-4-5-14(15-2)16-8-11/h4-5,8-10,12-13H,6-7H2,1-3H3. The SMILES string of the molecule is C[As]c1ccc(OC(C)C2CC3CC3N2C)cn1. The summed E-state index contributed by atoms with van der Waals surface area (Å²) in [6, 6.07) is 5.57. The Morgan fingerprint density at radius 3 is 2.83 bits per heavy atom. The Hall–Kier alpha value is -0.532. The van der Waals surface area contributed by atoms with Crippen molar-refractivity contribution in [3.05, 3.63) is 18.3 Å². The van der Waals surface area contributed by atoms with Gasteiger partial charge in [0.25, 0.3) is 0 Å². The minimum absolute atomic E-state index is 0.216. The van der Waals surface area contributed by atoms with Gasteiger partial charge >= 0.3 is 116 Å². The second-order valence-corrected chi connectivity index (χ2v) is 7.33. The van der Waals surface area contributed by atoms with Gasteiger partial charge in [-0.1, -0.05) is 0 Å². The summed E-state index contributed by atoms with van der Waals surface area (Å²) >= 11 is 0.216. The van der Waals surface area contributed by atoms with Crippen LogP contribution in [0.3, 0.4) is 0 Å². The van der Waals surface area contributed by atoms with Crippen molar-refractivity contribution >= 4 is 20.2 Å². The topological polar surface area (TPSA) is 25.4 Å². The summed E-state index contributed by atoms with van der Waals surface area (Å²) in [7, 11) is 2.24. The van der Waals surface area contributed by atoms with Gasteiger partial charge in [-0.3, -0.25) is 0 Å². The molecular weight excluding hydrogens is 287 g/mol. The number of nitrogens with zero attached hydrogens (tertiary/aromatic N) is 2. The van der Waals surface area contributed by atoms with Crippen LogP contribution < -0.4 is 9.22 Å². The molecule has 0 aromatic carbocycles. The van der Waals surface area contributed by atoms with Gasteiger partial charge in [0.1, 0.15) is 0 Å². The number of ether oxygens (including phenoxy) is 1. The van der Waals surface area contributed by atoms with E-state index in [4.69, 9.17) is 4.74 Å². The zero-order valence-corrected chi connectivity index (χ0v) is 13.1. The van der Waals surface area contributed by atoms with E-state index in [1.54, 1.807) is 0 Å². The van der Waals surface area contributed by atoms with E-state index in [9.17, 15) is 0 Å². The van der Waals surface area contributed by atoms with Crippen molar-refractivity contribution in [2.45, 2.75) is 43.7 Å². The second-order valence-electron chi connectivity index (χ2n) is 5.43. The van der Waals surface area contributed by atoms with Gasteiger partial charge in [-0.15, -0.1) is 0 Å². The fourth-order valence-corrected chi connectivity index (χ4v) is 3.93. The first-order chi connectivity index (χ1) is 8.69. The van der Waals surface area contributed by atoms with Gasteiger partial charge in [0.2, 0.25) is 0 Å². The molecule has 0 bridgehead atoms. The molecule has 0 spiro atoms. The number of pyridine rings is 1. The van der Waals surface area contributed by atoms with Crippen LogP contribution in [0.4, 0.5) is 0 Å². The van der Waals surface area contributed by atoms with Crippen LogP contribution in [-0.2, 0) is 0 Å². The number of fused-ring (bicyclic) bond motifs is 1. The summed E-state index contributed by atoms with van der Waals surface area (Å²) in [6.07, 6.45) is 4.83. The molecule has 4 atom stereocenters. The van der Waals surface area contributed by atoms with Crippen LogP contribution in [0, 0.1) is 5.92 Å². The molecule has 1 aromatic heterocycles. The summed E-state index contributed by atoms with van der Waals surface area (Å²) in [5, 5.41) is 0. The number of hydrogen-bond acceptors (Lipinski definition) is 3. The molecule has 3 rings (SSSR count). The van der Waals surface area contributed by atoms with Gasteiger partial charge in [-0.2, -0.15) is 0 Å². The van der Waals surface area contributed by atoms with Gasteiger partial charge in [0, 0.05) is 0 Å². The summed E-state index contributed by atoms with van der Waals surface area (Å²) < 4.78 is 7.26. The quantitative estimate of drug-likeness (QED) is 0.785. The molecule has 0 N–H and O–H groups in total. The third kappa shape index (κ3) is 2.31. The van der Waals surface area contributed by atoms with Gasteiger partial charge in [-0.25, -0.2) is 0 Å². The van der Waals surface area contributed by atoms with Crippen LogP contribution in [0.15, 0.2) is 18.3 Å². The molecule has 1 saturated carbocycles. The minimum atomic E-state index is 0.216. The molecule has 3 nitrogen and oxygen atoms in total. The number of aromatic nitrogens is 1. The van der Waals surface area contributed by atoms with E-state index in [1.165, 1.54) is 17.3 Å². The van der Waals surface area contributed by atoms with Gasteiger partial charge in [-0.05, 0) is 0 Å². The van der Waals surface area contributed by atoms with Crippen molar-refractivity contribution in [1.82, 2.24) is 9.88 Å². The summed E-state index contributed by atoms with van der Waals surface area (Å²) in [5.74, 6) is 1.85. The van der Waals surface area contributed by atoms with Crippen LogP contribution in [0.5, 0.6) is 5.75 Å². The van der Waals surface area contributed by atoms with Gasteiger partial charge in [0.05, 0.1) is 0 Å². The van der Waals surface area contributed by atoms with Crippen LogP contribution in [0.1, 0.15) is 19.8 Å². The Kier molecular flexibility index (Phi) is 3.38. The molecule has 1 aliphatic carbocycles. The van der Waals surface area contributed by atoms with Crippen LogP contribution >= 0.6 is 0 Å². The van der Waals surface area contributed by atoms with Crippen LogP contribution in [0.25, 0.3) is 0 Å². The maximum absolute atomic E-state index is 6.04. The molecule has 0 amide bonds. The Labute approximate surface area is 116 Å². The van der Waals surface area contributed by atoms with E-state index in [0.29, 0.717) is 6.04 Å². The van der Waals surface area contributed by atoms with Crippen molar-refractivity contribution in [1.29, 1.82) is 0 Å². The molecule has 1 radical (unpaired) electrons. The van der Waals surface area contributed by atoms with Gasteiger partial charge < -0.3 is 0 Å². The summed E-state index contributed by atoms with van der Waals surface area (Å²) in [4.78, 5) is 6.93. The third-order valence-electron chi connectivity index (χ3n) is 4.29. The van der Waals surface area contributed by atoms with Crippen molar-refractivity contribution in [2.75, 3.05) is 7.05 Å². The number of hydrogen-bond donors (Lipinski definition) is 0. The average molecular weight is 307 g/mol. The predicted octanol–water partition coefficient (Wildman–Crippen LogP) is 1.32. The molecule has 2 aliphatic rings. The maximum atomic E-state index is 6.04. The van der Waals surface area contributed by atoms with E-state index < -0.39 is 0 Å². The zero-order valence-electron chi connectivity index (χ0n) is 11.2. The first-order valence-corrected chi connectivity index (χ1v) is 9.45. The molecule has 4 heteroatoms. The Morgan fingerprint density at radius 1 is 1.44 bits per heavy atom. The number of rotatable bonds is 4. The summed E-state index contributed by atoms with van der Waals surface area (Å²) in [6.45, 7) is 2.19. The van der Waals surface area contributed by atoms with Gasteiger partial charge in [0.15, 0.2) is 0 Å². The normalized spacial score (nSPS) is 32.7. The molecule has 4 unspecified atom stereocenters. The van der Waals surface area contributed by atoms with E-state index in [1.807, 2.05) is 6.20 Å². The average Bonchev–Trinajstić information content (AvgIpc) is 3.09. The second kappa shape index (κ2) is 4.86. The Morgan fingerprint density at radius 2 is 2.28 bits per heavy atom. The first-order valence-electron chi connectivity index (χ1n) is 6.63. The van der Waals surface area contributed by atoms with Crippen molar-refractivity contribution in [2.24, 2.45) is 5.92 Å². The molecule has 2 fully saturated rings. The van der Waals surface area contributed by atoms with Crippen LogP contribution in [-0.4, -0.2) is 50.9 Å². The van der Waals surface area contributed by atoms with E-state index >= 15 is 0 Å². The van der Waals surface area contributed by atoms with Crippen molar-refractivity contribution in [3.63, 3.8) is 0 Å². The molecule has 2 heterocycles. The fraction of sp³-hybridized carbons (Fsp3) is 0.643. The fourth-order valence-electron chi connectivity index (χ4n) is 3.10. The van der Waals surface area contributed by atoms with E-state index in [-0.39, 0.29) is 21.9 Å². The molecule has 1 saturated heterocycles. The zero-order chi connectivity index (χ0) is 12.7. The van der Waals surface area contributed by atoms with Crippen molar-refractivity contribution < 1.29 is 4.74 Å². The monoisotopic (exact) mass is 307 g/mol. The number of likely N-dealkylation sites (tertiary alicyclic amines) is 1. The first kappa shape index (κ1) is 12.5. The molecule has 1 aromatic rings. The number of likely N-dealkylation sites (N-methyl/N-ethyl adjacent to an activating group) is 1. The Bertz CT molecular complexity index is 422. The molecule has 18 heavy (non-hydrogen) atoms. The van der Waals surface area contributed by atoms with E-state index in [2.05, 4.69) is 41.7 Å². The molecule has 97 valence electrons. The van der Waals surface area contributed by atoms with Crippen molar-refractivity contribution in [3.8, 4) is 5.75 Å². The van der Waals surface area contributed by atoms with E-state index in [0.717, 1.165) is 17.7 Å². The Balaban J connectivity index is 1.61.